The van der Waals surface area contributed by atoms with Crippen molar-refractivity contribution in [1.29, 1.82) is 0 Å². The van der Waals surface area contributed by atoms with Gasteiger partial charge in [0.1, 0.15) is 0 Å². The summed E-state index contributed by atoms with van der Waals surface area (Å²) in [5.41, 5.74) is 3.46. The van der Waals surface area contributed by atoms with Gasteiger partial charge in [-0.05, 0) is 44.7 Å². The van der Waals surface area contributed by atoms with E-state index in [0.717, 1.165) is 17.9 Å². The molecule has 0 aliphatic heterocycles. The lowest BCUT2D eigenvalue weighted by atomic mass is 10.1. The molecule has 0 saturated carbocycles. The first-order chi connectivity index (χ1) is 8.68. The molecule has 18 heavy (non-hydrogen) atoms. The van der Waals surface area contributed by atoms with Crippen molar-refractivity contribution in [3.63, 3.8) is 0 Å². The molecule has 2 aromatic rings. The molecule has 0 radical (unpaired) electrons. The van der Waals surface area contributed by atoms with Crippen molar-refractivity contribution in [1.82, 2.24) is 14.9 Å². The van der Waals surface area contributed by atoms with Crippen LogP contribution in [-0.2, 0) is 6.54 Å². The van der Waals surface area contributed by atoms with Crippen LogP contribution in [0.2, 0.25) is 0 Å². The third kappa shape index (κ3) is 2.93. The molecule has 0 aliphatic rings. The van der Waals surface area contributed by atoms with Crippen LogP contribution < -0.4 is 0 Å². The fourth-order valence-electron chi connectivity index (χ4n) is 1.94. The van der Waals surface area contributed by atoms with E-state index in [0.29, 0.717) is 6.04 Å². The summed E-state index contributed by atoms with van der Waals surface area (Å²) in [6, 6.07) is 10.5. The first-order valence-electron chi connectivity index (χ1n) is 6.20. The third-order valence-corrected chi connectivity index (χ3v) is 3.31. The Morgan fingerprint density at radius 3 is 2.56 bits per heavy atom. The highest BCUT2D eigenvalue weighted by molar-refractivity contribution is 5.18. The molecule has 0 N–H and O–H groups in total. The Morgan fingerprint density at radius 2 is 1.89 bits per heavy atom. The van der Waals surface area contributed by atoms with Crippen LogP contribution in [0.3, 0.4) is 0 Å². The van der Waals surface area contributed by atoms with E-state index in [9.17, 15) is 0 Å². The summed E-state index contributed by atoms with van der Waals surface area (Å²) >= 11 is 0. The lowest BCUT2D eigenvalue weighted by Crippen LogP contribution is -2.23. The minimum Gasteiger partial charge on any atom is -0.294 e. The van der Waals surface area contributed by atoms with E-state index in [2.05, 4.69) is 47.9 Å². The summed E-state index contributed by atoms with van der Waals surface area (Å²) in [6.45, 7) is 5.11. The molecule has 0 aliphatic carbocycles. The molecule has 2 rings (SSSR count). The molecule has 0 amide bonds. The zero-order valence-electron chi connectivity index (χ0n) is 11.2. The van der Waals surface area contributed by atoms with Crippen molar-refractivity contribution in [2.24, 2.45) is 0 Å². The Morgan fingerprint density at radius 1 is 1.11 bits per heavy atom. The first-order valence-corrected chi connectivity index (χ1v) is 6.20. The Balaban J connectivity index is 2.09. The molecule has 0 saturated heterocycles. The maximum Gasteiger partial charge on any atom is 0.0572 e. The summed E-state index contributed by atoms with van der Waals surface area (Å²) in [6.07, 6.45) is 3.68. The van der Waals surface area contributed by atoms with Gasteiger partial charge < -0.3 is 0 Å². The maximum absolute atomic E-state index is 4.41. The minimum atomic E-state index is 0.297. The molecule has 94 valence electrons. The number of rotatable bonds is 4. The topological polar surface area (TPSA) is 29.0 Å². The molecular formula is C15H19N3. The standard InChI is InChI=1S/C15H19N3/c1-12-14(7-6-10-16-12)11-18(3)13(2)15-8-4-5-9-17-15/h4-10,13H,11H2,1-3H3. The van der Waals surface area contributed by atoms with E-state index in [1.165, 1.54) is 5.56 Å². The summed E-state index contributed by atoms with van der Waals surface area (Å²) < 4.78 is 0. The molecule has 3 nitrogen and oxygen atoms in total. The van der Waals surface area contributed by atoms with Gasteiger partial charge in [-0.25, -0.2) is 0 Å². The quantitative estimate of drug-likeness (QED) is 0.824. The Kier molecular flexibility index (Phi) is 4.05. The Labute approximate surface area is 109 Å². The second kappa shape index (κ2) is 5.74. The summed E-state index contributed by atoms with van der Waals surface area (Å²) in [7, 11) is 2.12. The van der Waals surface area contributed by atoms with Crippen LogP contribution in [0.15, 0.2) is 42.7 Å². The SMILES string of the molecule is Cc1ncccc1CN(C)C(C)c1ccccn1. The maximum atomic E-state index is 4.41. The molecule has 0 bridgehead atoms. The molecule has 1 atom stereocenters. The van der Waals surface area contributed by atoms with Gasteiger partial charge in [-0.2, -0.15) is 0 Å². The molecule has 2 aromatic heterocycles. The van der Waals surface area contributed by atoms with E-state index in [1.54, 1.807) is 0 Å². The predicted molar refractivity (Wildman–Crippen MR) is 73.1 cm³/mol. The monoisotopic (exact) mass is 241 g/mol. The van der Waals surface area contributed by atoms with Gasteiger partial charge in [0.15, 0.2) is 0 Å². The van der Waals surface area contributed by atoms with Crippen LogP contribution >= 0.6 is 0 Å². The van der Waals surface area contributed by atoms with Crippen molar-refractivity contribution >= 4 is 0 Å². The average Bonchev–Trinajstić information content (AvgIpc) is 2.41. The van der Waals surface area contributed by atoms with E-state index in [-0.39, 0.29) is 0 Å². The van der Waals surface area contributed by atoms with Crippen molar-refractivity contribution < 1.29 is 0 Å². The van der Waals surface area contributed by atoms with Crippen LogP contribution in [0, 0.1) is 6.92 Å². The highest BCUT2D eigenvalue weighted by Gasteiger charge is 2.13. The van der Waals surface area contributed by atoms with E-state index in [1.807, 2.05) is 30.6 Å². The summed E-state index contributed by atoms with van der Waals surface area (Å²) in [4.78, 5) is 11.0. The van der Waals surface area contributed by atoms with Crippen LogP contribution in [0.1, 0.15) is 29.9 Å². The Bertz CT molecular complexity index is 496. The third-order valence-electron chi connectivity index (χ3n) is 3.31. The van der Waals surface area contributed by atoms with Gasteiger partial charge in [-0.1, -0.05) is 12.1 Å². The summed E-state index contributed by atoms with van der Waals surface area (Å²) in [5.74, 6) is 0. The smallest absolute Gasteiger partial charge is 0.0572 e. The van der Waals surface area contributed by atoms with Crippen LogP contribution in [0.25, 0.3) is 0 Å². The molecule has 1 unspecified atom stereocenters. The van der Waals surface area contributed by atoms with Gasteiger partial charge in [0.05, 0.1) is 5.69 Å². The van der Waals surface area contributed by atoms with Gasteiger partial charge in [0.2, 0.25) is 0 Å². The number of hydrogen-bond donors (Lipinski definition) is 0. The zero-order valence-corrected chi connectivity index (χ0v) is 11.2. The van der Waals surface area contributed by atoms with Crippen LogP contribution in [-0.4, -0.2) is 21.9 Å². The van der Waals surface area contributed by atoms with Gasteiger partial charge in [0.25, 0.3) is 0 Å². The molecular weight excluding hydrogens is 222 g/mol. The normalized spacial score (nSPS) is 12.7. The largest absolute Gasteiger partial charge is 0.294 e. The molecule has 0 aromatic carbocycles. The number of nitrogens with zero attached hydrogens (tertiary/aromatic N) is 3. The van der Waals surface area contributed by atoms with Gasteiger partial charge >= 0.3 is 0 Å². The molecule has 2 heterocycles. The second-order valence-corrected chi connectivity index (χ2v) is 4.59. The fraction of sp³-hybridized carbons (Fsp3) is 0.333. The molecule has 3 heteroatoms. The average molecular weight is 241 g/mol. The second-order valence-electron chi connectivity index (χ2n) is 4.59. The number of aryl methyl sites for hydroxylation is 1. The first kappa shape index (κ1) is 12.7. The van der Waals surface area contributed by atoms with Gasteiger partial charge in [0, 0.05) is 30.7 Å². The highest BCUT2D eigenvalue weighted by atomic mass is 15.1. The Hall–Kier alpha value is -1.74. The van der Waals surface area contributed by atoms with E-state index < -0.39 is 0 Å². The number of hydrogen-bond acceptors (Lipinski definition) is 3. The van der Waals surface area contributed by atoms with Crippen LogP contribution in [0.4, 0.5) is 0 Å². The van der Waals surface area contributed by atoms with Crippen molar-refractivity contribution in [3.8, 4) is 0 Å². The number of pyridine rings is 2. The molecule has 0 fully saturated rings. The number of aromatic nitrogens is 2. The lowest BCUT2D eigenvalue weighted by Gasteiger charge is -2.24. The summed E-state index contributed by atoms with van der Waals surface area (Å²) in [5, 5.41) is 0. The minimum absolute atomic E-state index is 0.297. The lowest BCUT2D eigenvalue weighted by molar-refractivity contribution is 0.248. The predicted octanol–water partition coefficient (Wildman–Crippen LogP) is 2.98. The van der Waals surface area contributed by atoms with Gasteiger partial charge in [-0.3, -0.25) is 14.9 Å². The van der Waals surface area contributed by atoms with E-state index >= 15 is 0 Å². The van der Waals surface area contributed by atoms with Crippen molar-refractivity contribution in [3.05, 3.63) is 59.7 Å². The van der Waals surface area contributed by atoms with Crippen molar-refractivity contribution in [2.75, 3.05) is 7.05 Å². The van der Waals surface area contributed by atoms with Crippen LogP contribution in [0.5, 0.6) is 0 Å². The fourth-order valence-corrected chi connectivity index (χ4v) is 1.94. The highest BCUT2D eigenvalue weighted by Crippen LogP contribution is 2.19. The van der Waals surface area contributed by atoms with Crippen molar-refractivity contribution in [2.45, 2.75) is 26.4 Å². The van der Waals surface area contributed by atoms with Gasteiger partial charge in [-0.15, -0.1) is 0 Å². The zero-order chi connectivity index (χ0) is 13.0. The molecule has 0 spiro atoms. The van der Waals surface area contributed by atoms with E-state index in [4.69, 9.17) is 0 Å².